The van der Waals surface area contributed by atoms with Gasteiger partial charge in [-0.3, -0.25) is 0 Å². The Balaban J connectivity index is 2.47. The van der Waals surface area contributed by atoms with Crippen LogP contribution in [0.2, 0.25) is 0 Å². The first-order valence-electron chi connectivity index (χ1n) is 6.79. The van der Waals surface area contributed by atoms with E-state index in [1.165, 1.54) is 0 Å². The van der Waals surface area contributed by atoms with Gasteiger partial charge in [-0.15, -0.1) is 0 Å². The van der Waals surface area contributed by atoms with Crippen molar-refractivity contribution in [2.24, 2.45) is 5.73 Å². The van der Waals surface area contributed by atoms with E-state index in [0.29, 0.717) is 29.3 Å². The van der Waals surface area contributed by atoms with Crippen LogP contribution in [-0.4, -0.2) is 39.0 Å². The van der Waals surface area contributed by atoms with Crippen LogP contribution in [0, 0.1) is 13.8 Å². The molecule has 1 heterocycles. The van der Waals surface area contributed by atoms with Gasteiger partial charge >= 0.3 is 0 Å². The molecule has 0 amide bonds. The number of sulfonamides is 1. The van der Waals surface area contributed by atoms with E-state index in [2.05, 4.69) is 0 Å². The van der Waals surface area contributed by atoms with Crippen LogP contribution < -0.4 is 10.5 Å². The maximum absolute atomic E-state index is 12.8. The zero-order chi connectivity index (χ0) is 14.9. The van der Waals surface area contributed by atoms with E-state index >= 15 is 0 Å². The molecule has 1 aromatic rings. The second-order valence-electron chi connectivity index (χ2n) is 5.23. The highest BCUT2D eigenvalue weighted by Gasteiger charge is 2.35. The fourth-order valence-corrected chi connectivity index (χ4v) is 4.75. The highest BCUT2D eigenvalue weighted by molar-refractivity contribution is 7.89. The quantitative estimate of drug-likeness (QED) is 0.912. The van der Waals surface area contributed by atoms with Gasteiger partial charge < -0.3 is 10.5 Å². The standard InChI is InChI=1S/C14H22N2O3S/c1-10-8-14(11(2)7-13(10)19-3)20(17,18)16-6-4-5-12(16)9-15/h7-8,12H,4-6,9,15H2,1-3H3. The lowest BCUT2D eigenvalue weighted by Crippen LogP contribution is -2.40. The molecule has 1 aliphatic heterocycles. The van der Waals surface area contributed by atoms with Gasteiger partial charge in [0.05, 0.1) is 12.0 Å². The predicted octanol–water partition coefficient (Wildman–Crippen LogP) is 1.42. The van der Waals surface area contributed by atoms with Crippen LogP contribution in [0.25, 0.3) is 0 Å². The minimum absolute atomic E-state index is 0.0817. The predicted molar refractivity (Wildman–Crippen MR) is 78.4 cm³/mol. The summed E-state index contributed by atoms with van der Waals surface area (Å²) in [5.74, 6) is 0.707. The number of methoxy groups -OCH3 is 1. The minimum Gasteiger partial charge on any atom is -0.496 e. The zero-order valence-corrected chi connectivity index (χ0v) is 13.0. The summed E-state index contributed by atoms with van der Waals surface area (Å²) in [6.45, 7) is 4.56. The molecule has 0 spiro atoms. The molecule has 1 fully saturated rings. The van der Waals surface area contributed by atoms with E-state index in [0.717, 1.165) is 18.4 Å². The van der Waals surface area contributed by atoms with Gasteiger partial charge in [0.25, 0.3) is 0 Å². The fraction of sp³-hybridized carbons (Fsp3) is 0.571. The van der Waals surface area contributed by atoms with Crippen LogP contribution >= 0.6 is 0 Å². The van der Waals surface area contributed by atoms with Gasteiger partial charge in [-0.05, 0) is 49.9 Å². The number of hydrogen-bond acceptors (Lipinski definition) is 4. The SMILES string of the molecule is COc1cc(C)c(S(=O)(=O)N2CCCC2CN)cc1C. The molecule has 0 aliphatic carbocycles. The highest BCUT2D eigenvalue weighted by atomic mass is 32.2. The van der Waals surface area contributed by atoms with Crippen LogP contribution in [0.5, 0.6) is 5.75 Å². The topological polar surface area (TPSA) is 72.6 Å². The fourth-order valence-electron chi connectivity index (χ4n) is 2.75. The third-order valence-electron chi connectivity index (χ3n) is 3.87. The van der Waals surface area contributed by atoms with Gasteiger partial charge in [0.2, 0.25) is 10.0 Å². The van der Waals surface area contributed by atoms with Crippen molar-refractivity contribution in [2.75, 3.05) is 20.2 Å². The normalized spacial score (nSPS) is 20.3. The smallest absolute Gasteiger partial charge is 0.243 e. The first kappa shape index (κ1) is 15.3. The van der Waals surface area contributed by atoms with Gasteiger partial charge in [-0.1, -0.05) is 0 Å². The largest absolute Gasteiger partial charge is 0.496 e. The highest BCUT2D eigenvalue weighted by Crippen LogP contribution is 2.31. The minimum atomic E-state index is -3.48. The van der Waals surface area contributed by atoms with Crippen LogP contribution in [0.3, 0.4) is 0 Å². The summed E-state index contributed by atoms with van der Waals surface area (Å²) < 4.78 is 32.4. The Morgan fingerprint density at radius 2 is 2.05 bits per heavy atom. The van der Waals surface area contributed by atoms with E-state index in [9.17, 15) is 8.42 Å². The number of nitrogens with zero attached hydrogens (tertiary/aromatic N) is 1. The molecule has 1 aliphatic rings. The van der Waals surface area contributed by atoms with E-state index in [1.807, 2.05) is 6.92 Å². The number of rotatable bonds is 4. The summed E-state index contributed by atoms with van der Waals surface area (Å²) in [7, 11) is -1.90. The Bertz CT molecular complexity index is 599. The molecular formula is C14H22N2O3S. The summed E-state index contributed by atoms with van der Waals surface area (Å²) in [5.41, 5.74) is 7.21. The maximum atomic E-state index is 12.8. The second-order valence-corrected chi connectivity index (χ2v) is 7.09. The maximum Gasteiger partial charge on any atom is 0.243 e. The number of benzene rings is 1. The van der Waals surface area contributed by atoms with Gasteiger partial charge in [0, 0.05) is 19.1 Å². The second kappa shape index (κ2) is 5.71. The number of aryl methyl sites for hydroxylation is 2. The Labute approximate surface area is 120 Å². The number of hydrogen-bond donors (Lipinski definition) is 1. The summed E-state index contributed by atoms with van der Waals surface area (Å²) in [6, 6.07) is 3.38. The molecule has 0 bridgehead atoms. The summed E-state index contributed by atoms with van der Waals surface area (Å²) >= 11 is 0. The number of ether oxygens (including phenoxy) is 1. The molecule has 6 heteroatoms. The van der Waals surface area contributed by atoms with Gasteiger partial charge in [-0.2, -0.15) is 4.31 Å². The van der Waals surface area contributed by atoms with Crippen LogP contribution in [0.4, 0.5) is 0 Å². The molecule has 20 heavy (non-hydrogen) atoms. The van der Waals surface area contributed by atoms with Crippen molar-refractivity contribution in [1.29, 1.82) is 0 Å². The van der Waals surface area contributed by atoms with E-state index in [1.54, 1.807) is 30.5 Å². The molecule has 0 aromatic heterocycles. The summed E-state index contributed by atoms with van der Waals surface area (Å²) in [5, 5.41) is 0. The molecule has 5 nitrogen and oxygen atoms in total. The number of nitrogens with two attached hydrogens (primary N) is 1. The van der Waals surface area contributed by atoms with Crippen LogP contribution in [0.1, 0.15) is 24.0 Å². The van der Waals surface area contributed by atoms with Crippen LogP contribution in [0.15, 0.2) is 17.0 Å². The molecule has 1 saturated heterocycles. The van der Waals surface area contributed by atoms with E-state index < -0.39 is 10.0 Å². The lowest BCUT2D eigenvalue weighted by molar-refractivity contribution is 0.392. The van der Waals surface area contributed by atoms with Crippen molar-refractivity contribution >= 4 is 10.0 Å². The molecule has 1 unspecified atom stereocenters. The molecule has 2 N–H and O–H groups in total. The Morgan fingerprint density at radius 3 is 2.65 bits per heavy atom. The first-order chi connectivity index (χ1) is 9.41. The monoisotopic (exact) mass is 298 g/mol. The molecule has 112 valence electrons. The van der Waals surface area contributed by atoms with Crippen molar-refractivity contribution in [2.45, 2.75) is 37.6 Å². The zero-order valence-electron chi connectivity index (χ0n) is 12.2. The van der Waals surface area contributed by atoms with E-state index in [4.69, 9.17) is 10.5 Å². The summed E-state index contributed by atoms with van der Waals surface area (Å²) in [6.07, 6.45) is 1.71. The van der Waals surface area contributed by atoms with Crippen molar-refractivity contribution in [1.82, 2.24) is 4.31 Å². The molecule has 1 aromatic carbocycles. The lowest BCUT2D eigenvalue weighted by atomic mass is 10.1. The third kappa shape index (κ3) is 2.55. The molecule has 1 atom stereocenters. The van der Waals surface area contributed by atoms with Gasteiger partial charge in [0.15, 0.2) is 0 Å². The lowest BCUT2D eigenvalue weighted by Gasteiger charge is -2.24. The third-order valence-corrected chi connectivity index (χ3v) is 5.97. The molecule has 2 rings (SSSR count). The Morgan fingerprint density at radius 1 is 1.35 bits per heavy atom. The van der Waals surface area contributed by atoms with Crippen molar-refractivity contribution in [3.8, 4) is 5.75 Å². The van der Waals surface area contributed by atoms with E-state index in [-0.39, 0.29) is 6.04 Å². The average Bonchev–Trinajstić information content (AvgIpc) is 2.89. The van der Waals surface area contributed by atoms with Gasteiger partial charge in [-0.25, -0.2) is 8.42 Å². The Kier molecular flexibility index (Phi) is 4.36. The van der Waals surface area contributed by atoms with Crippen molar-refractivity contribution < 1.29 is 13.2 Å². The van der Waals surface area contributed by atoms with Gasteiger partial charge in [0.1, 0.15) is 5.75 Å². The average molecular weight is 298 g/mol. The molecular weight excluding hydrogens is 276 g/mol. The van der Waals surface area contributed by atoms with Crippen molar-refractivity contribution in [3.05, 3.63) is 23.3 Å². The summed E-state index contributed by atoms with van der Waals surface area (Å²) in [4.78, 5) is 0.358. The Hall–Kier alpha value is -1.11. The molecule has 0 saturated carbocycles. The van der Waals surface area contributed by atoms with Crippen molar-refractivity contribution in [3.63, 3.8) is 0 Å². The first-order valence-corrected chi connectivity index (χ1v) is 8.23. The molecule has 0 radical (unpaired) electrons. The van der Waals surface area contributed by atoms with Crippen LogP contribution in [-0.2, 0) is 10.0 Å².